The maximum absolute atomic E-state index is 12.5. The lowest BCUT2D eigenvalue weighted by Gasteiger charge is -2.14. The third kappa shape index (κ3) is 2.16. The minimum atomic E-state index is -0.443. The minimum Gasteiger partial charge on any atom is -0.494 e. The minimum absolute atomic E-state index is 0.443. The summed E-state index contributed by atoms with van der Waals surface area (Å²) in [6, 6.07) is 5.45. The molecule has 3 aromatic heterocycles. The van der Waals surface area contributed by atoms with Crippen molar-refractivity contribution < 1.29 is 4.74 Å². The van der Waals surface area contributed by atoms with E-state index in [-0.39, 0.29) is 0 Å². The van der Waals surface area contributed by atoms with Crippen LogP contribution in [0, 0.1) is 6.92 Å². The number of ether oxygens (including phenoxy) is 1. The average molecular weight is 297 g/mol. The molecule has 0 saturated heterocycles. The van der Waals surface area contributed by atoms with Crippen molar-refractivity contribution in [3.8, 4) is 11.4 Å². The van der Waals surface area contributed by atoms with E-state index in [9.17, 15) is 4.79 Å². The monoisotopic (exact) mass is 297 g/mol. The quantitative estimate of drug-likeness (QED) is 0.789. The van der Waals surface area contributed by atoms with E-state index in [2.05, 4.69) is 20.3 Å². The van der Waals surface area contributed by atoms with Gasteiger partial charge in [0.1, 0.15) is 17.3 Å². The summed E-state index contributed by atoms with van der Waals surface area (Å²) in [7, 11) is 3.26. The van der Waals surface area contributed by atoms with Crippen LogP contribution in [0.3, 0.4) is 0 Å². The molecule has 0 aliphatic carbocycles. The van der Waals surface area contributed by atoms with Crippen molar-refractivity contribution in [1.29, 1.82) is 0 Å². The standard InChI is InChI=1S/C15H15N5O2/c1-9-4-5-10-13(16-2)19-15(21)20(14(10)18-9)11-8-17-7-6-12(11)22-3/h4-8H,1-3H3,(H,16,19,21). The van der Waals surface area contributed by atoms with Crippen LogP contribution in [-0.4, -0.2) is 33.7 Å². The van der Waals surface area contributed by atoms with Crippen molar-refractivity contribution in [3.63, 3.8) is 0 Å². The summed E-state index contributed by atoms with van der Waals surface area (Å²) in [5, 5.41) is 3.67. The molecule has 0 radical (unpaired) electrons. The number of aryl methyl sites for hydroxylation is 1. The van der Waals surface area contributed by atoms with Gasteiger partial charge < -0.3 is 10.1 Å². The van der Waals surface area contributed by atoms with Crippen LogP contribution >= 0.6 is 0 Å². The van der Waals surface area contributed by atoms with E-state index in [4.69, 9.17) is 4.74 Å². The Morgan fingerprint density at radius 3 is 2.77 bits per heavy atom. The zero-order chi connectivity index (χ0) is 15.7. The summed E-state index contributed by atoms with van der Waals surface area (Å²) >= 11 is 0. The number of hydrogen-bond acceptors (Lipinski definition) is 6. The van der Waals surface area contributed by atoms with Gasteiger partial charge in [-0.2, -0.15) is 4.98 Å². The predicted octanol–water partition coefficient (Wildman–Crippen LogP) is 1.53. The first kappa shape index (κ1) is 14.0. The lowest BCUT2D eigenvalue weighted by Crippen LogP contribution is -2.24. The molecule has 0 spiro atoms. The lowest BCUT2D eigenvalue weighted by molar-refractivity contribution is 0.412. The van der Waals surface area contributed by atoms with Gasteiger partial charge in [0.2, 0.25) is 0 Å². The molecule has 3 rings (SSSR count). The Morgan fingerprint density at radius 2 is 2.05 bits per heavy atom. The molecule has 7 nitrogen and oxygen atoms in total. The Bertz CT molecular complexity index is 904. The van der Waals surface area contributed by atoms with Gasteiger partial charge in [0, 0.05) is 25.0 Å². The number of hydrogen-bond donors (Lipinski definition) is 1. The largest absolute Gasteiger partial charge is 0.494 e. The second kappa shape index (κ2) is 5.44. The molecule has 0 bridgehead atoms. The van der Waals surface area contributed by atoms with E-state index >= 15 is 0 Å². The van der Waals surface area contributed by atoms with E-state index in [1.54, 1.807) is 32.6 Å². The molecule has 0 aromatic carbocycles. The van der Waals surface area contributed by atoms with Crippen LogP contribution in [0.1, 0.15) is 5.69 Å². The van der Waals surface area contributed by atoms with Crippen LogP contribution in [0.25, 0.3) is 16.7 Å². The highest BCUT2D eigenvalue weighted by atomic mass is 16.5. The second-order valence-corrected chi connectivity index (χ2v) is 4.70. The van der Waals surface area contributed by atoms with Gasteiger partial charge in [0.25, 0.3) is 0 Å². The van der Waals surface area contributed by atoms with E-state index < -0.39 is 5.69 Å². The third-order valence-electron chi connectivity index (χ3n) is 3.34. The third-order valence-corrected chi connectivity index (χ3v) is 3.34. The summed E-state index contributed by atoms with van der Waals surface area (Å²) in [5.41, 5.74) is 1.38. The zero-order valence-electron chi connectivity index (χ0n) is 12.5. The van der Waals surface area contributed by atoms with Crippen molar-refractivity contribution in [1.82, 2.24) is 19.5 Å². The maximum atomic E-state index is 12.5. The van der Waals surface area contributed by atoms with Crippen LogP contribution in [0.2, 0.25) is 0 Å². The Balaban J connectivity index is 2.46. The molecule has 112 valence electrons. The van der Waals surface area contributed by atoms with Gasteiger partial charge >= 0.3 is 5.69 Å². The van der Waals surface area contributed by atoms with Crippen molar-refractivity contribution in [2.24, 2.45) is 0 Å². The number of aromatic nitrogens is 4. The van der Waals surface area contributed by atoms with Crippen molar-refractivity contribution in [2.75, 3.05) is 19.5 Å². The van der Waals surface area contributed by atoms with Gasteiger partial charge in [0.05, 0.1) is 18.7 Å². The van der Waals surface area contributed by atoms with Gasteiger partial charge in [0.15, 0.2) is 5.65 Å². The first-order valence-electron chi connectivity index (χ1n) is 6.72. The number of methoxy groups -OCH3 is 1. The number of pyridine rings is 2. The Kier molecular flexibility index (Phi) is 3.46. The fraction of sp³-hybridized carbons (Fsp3) is 0.200. The number of nitrogens with one attached hydrogen (secondary N) is 1. The predicted molar refractivity (Wildman–Crippen MR) is 83.8 cm³/mol. The summed E-state index contributed by atoms with van der Waals surface area (Å²) in [6.07, 6.45) is 3.16. The molecule has 0 aliphatic rings. The van der Waals surface area contributed by atoms with Crippen LogP contribution in [0.5, 0.6) is 5.75 Å². The molecule has 0 fully saturated rings. The van der Waals surface area contributed by atoms with Crippen molar-refractivity contribution >= 4 is 16.9 Å². The molecular formula is C15H15N5O2. The Labute approximate surface area is 126 Å². The van der Waals surface area contributed by atoms with Gasteiger partial charge in [-0.15, -0.1) is 0 Å². The highest BCUT2D eigenvalue weighted by Crippen LogP contribution is 2.25. The number of rotatable bonds is 3. The first-order chi connectivity index (χ1) is 10.7. The van der Waals surface area contributed by atoms with Crippen molar-refractivity contribution in [2.45, 2.75) is 6.92 Å². The fourth-order valence-corrected chi connectivity index (χ4v) is 2.32. The topological polar surface area (TPSA) is 81.9 Å². The highest BCUT2D eigenvalue weighted by molar-refractivity contribution is 5.87. The summed E-state index contributed by atoms with van der Waals surface area (Å²) in [6.45, 7) is 1.87. The van der Waals surface area contributed by atoms with E-state index in [0.717, 1.165) is 11.1 Å². The Hall–Kier alpha value is -2.96. The average Bonchev–Trinajstić information content (AvgIpc) is 2.54. The van der Waals surface area contributed by atoms with Crippen LogP contribution < -0.4 is 15.7 Å². The first-order valence-corrected chi connectivity index (χ1v) is 6.72. The van der Waals surface area contributed by atoms with Gasteiger partial charge in [-0.25, -0.2) is 14.3 Å². The normalized spacial score (nSPS) is 10.7. The van der Waals surface area contributed by atoms with Crippen LogP contribution in [0.4, 0.5) is 5.82 Å². The Morgan fingerprint density at radius 1 is 1.23 bits per heavy atom. The van der Waals surface area contributed by atoms with Gasteiger partial charge in [-0.1, -0.05) is 0 Å². The SMILES string of the molecule is CNc1nc(=O)n(-c2cnccc2OC)c2nc(C)ccc12. The molecule has 22 heavy (non-hydrogen) atoms. The molecule has 0 saturated carbocycles. The lowest BCUT2D eigenvalue weighted by atomic mass is 10.2. The molecule has 0 atom stereocenters. The highest BCUT2D eigenvalue weighted by Gasteiger charge is 2.15. The molecule has 0 unspecified atom stereocenters. The summed E-state index contributed by atoms with van der Waals surface area (Å²) in [5.74, 6) is 1.02. The van der Waals surface area contributed by atoms with E-state index in [1.165, 1.54) is 4.57 Å². The smallest absolute Gasteiger partial charge is 0.356 e. The molecule has 3 aromatic rings. The molecule has 7 heteroatoms. The summed E-state index contributed by atoms with van der Waals surface area (Å²) in [4.78, 5) is 25.1. The van der Waals surface area contributed by atoms with Crippen molar-refractivity contribution in [3.05, 3.63) is 46.8 Å². The molecule has 0 aliphatic heterocycles. The zero-order valence-corrected chi connectivity index (χ0v) is 12.5. The molecule has 0 amide bonds. The van der Waals surface area contributed by atoms with Gasteiger partial charge in [-0.3, -0.25) is 4.98 Å². The maximum Gasteiger partial charge on any atom is 0.356 e. The van der Waals surface area contributed by atoms with Gasteiger partial charge in [-0.05, 0) is 19.1 Å². The number of nitrogens with zero attached hydrogens (tertiary/aromatic N) is 4. The van der Waals surface area contributed by atoms with E-state index in [1.807, 2.05) is 19.1 Å². The fourth-order valence-electron chi connectivity index (χ4n) is 2.32. The number of fused-ring (bicyclic) bond motifs is 1. The van der Waals surface area contributed by atoms with Crippen LogP contribution in [-0.2, 0) is 0 Å². The van der Waals surface area contributed by atoms with E-state index in [0.29, 0.717) is 22.9 Å². The molecular weight excluding hydrogens is 282 g/mol. The molecule has 3 heterocycles. The van der Waals surface area contributed by atoms with Crippen LogP contribution in [0.15, 0.2) is 35.4 Å². The summed E-state index contributed by atoms with van der Waals surface area (Å²) < 4.78 is 6.73. The second-order valence-electron chi connectivity index (χ2n) is 4.70. The number of anilines is 1. The molecule has 1 N–H and O–H groups in total.